The molecule has 0 bridgehead atoms. The lowest BCUT2D eigenvalue weighted by Gasteiger charge is -2.36. The molecule has 1 saturated heterocycles. The summed E-state index contributed by atoms with van der Waals surface area (Å²) in [5, 5.41) is 5.38. The van der Waals surface area contributed by atoms with Crippen LogP contribution < -0.4 is 10.6 Å². The average Bonchev–Trinajstić information content (AvgIpc) is 2.91. The zero-order valence-electron chi connectivity index (χ0n) is 15.4. The third kappa shape index (κ3) is 4.13. The van der Waals surface area contributed by atoms with Gasteiger partial charge < -0.3 is 15.5 Å². The zero-order valence-corrected chi connectivity index (χ0v) is 16.3. The van der Waals surface area contributed by atoms with Crippen molar-refractivity contribution in [2.45, 2.75) is 50.1 Å². The van der Waals surface area contributed by atoms with E-state index in [0.29, 0.717) is 24.4 Å². The highest BCUT2D eigenvalue weighted by atomic mass is 32.2. The normalized spacial score (nSPS) is 20.8. The quantitative estimate of drug-likeness (QED) is 0.781. The van der Waals surface area contributed by atoms with Crippen LogP contribution >= 0.6 is 0 Å². The number of hydrogen-bond donors (Lipinski definition) is 2. The number of likely N-dealkylation sites (tertiary alicyclic amines) is 1. The van der Waals surface area contributed by atoms with Crippen molar-refractivity contribution in [1.29, 1.82) is 0 Å². The first kappa shape index (κ1) is 19.3. The van der Waals surface area contributed by atoms with Crippen molar-refractivity contribution in [2.75, 3.05) is 13.1 Å². The van der Waals surface area contributed by atoms with Crippen LogP contribution in [-0.2, 0) is 19.6 Å². The van der Waals surface area contributed by atoms with E-state index in [1.165, 1.54) is 6.07 Å². The van der Waals surface area contributed by atoms with Gasteiger partial charge in [0, 0.05) is 18.2 Å². The molecule has 2 aliphatic heterocycles. The summed E-state index contributed by atoms with van der Waals surface area (Å²) in [6.07, 6.45) is 2.28. The molecule has 8 nitrogen and oxygen atoms in total. The summed E-state index contributed by atoms with van der Waals surface area (Å²) in [4.78, 5) is 26.4. The Morgan fingerprint density at radius 2 is 2.00 bits per heavy atom. The Balaban J connectivity index is 1.79. The predicted octanol–water partition coefficient (Wildman–Crippen LogP) is 0.631. The summed E-state index contributed by atoms with van der Waals surface area (Å²) in [7, 11) is -3.74. The number of sulfonamides is 1. The van der Waals surface area contributed by atoms with Gasteiger partial charge in [-0.25, -0.2) is 0 Å². The number of fused-ring (bicyclic) bond motifs is 1. The molecule has 1 atom stereocenters. The van der Waals surface area contributed by atoms with Gasteiger partial charge in [-0.05, 0) is 45.2 Å². The Hall–Kier alpha value is -2.42. The minimum atomic E-state index is -3.74. The van der Waals surface area contributed by atoms with Crippen molar-refractivity contribution in [1.82, 2.24) is 15.5 Å². The third-order valence-electron chi connectivity index (χ3n) is 4.56. The van der Waals surface area contributed by atoms with Gasteiger partial charge >= 0.3 is 0 Å². The van der Waals surface area contributed by atoms with E-state index in [2.05, 4.69) is 15.0 Å². The number of piperidine rings is 1. The molecule has 2 aliphatic rings. The maximum absolute atomic E-state index is 12.7. The molecule has 1 aromatic carbocycles. The molecule has 27 heavy (non-hydrogen) atoms. The second-order valence-electron chi connectivity index (χ2n) is 7.03. The van der Waals surface area contributed by atoms with Crippen LogP contribution in [0.25, 0.3) is 0 Å². The van der Waals surface area contributed by atoms with E-state index >= 15 is 0 Å². The van der Waals surface area contributed by atoms with E-state index in [-0.39, 0.29) is 29.3 Å². The number of rotatable bonds is 4. The highest BCUT2D eigenvalue weighted by molar-refractivity contribution is 7.90. The first-order valence-corrected chi connectivity index (χ1v) is 10.5. The van der Waals surface area contributed by atoms with E-state index in [1.807, 2.05) is 13.8 Å². The van der Waals surface area contributed by atoms with Crippen LogP contribution in [0.3, 0.4) is 0 Å². The molecule has 0 spiro atoms. The molecular weight excluding hydrogens is 368 g/mol. The lowest BCUT2D eigenvalue weighted by molar-refractivity contribution is -0.129. The van der Waals surface area contributed by atoms with Gasteiger partial charge in [-0.3, -0.25) is 9.59 Å². The lowest BCUT2D eigenvalue weighted by Crippen LogP contribution is -2.53. The lowest BCUT2D eigenvalue weighted by atomic mass is 9.99. The Labute approximate surface area is 159 Å². The molecule has 9 heteroatoms. The first-order valence-electron chi connectivity index (χ1n) is 9.07. The minimum absolute atomic E-state index is 0.00451. The molecule has 0 aliphatic carbocycles. The van der Waals surface area contributed by atoms with Crippen LogP contribution in [0.4, 0.5) is 0 Å². The molecular formula is C18H24N4O4S. The molecule has 0 aromatic heterocycles. The van der Waals surface area contributed by atoms with Crippen molar-refractivity contribution in [3.63, 3.8) is 0 Å². The molecule has 3 rings (SSSR count). The van der Waals surface area contributed by atoms with Crippen LogP contribution in [0.15, 0.2) is 33.6 Å². The molecule has 2 heterocycles. The fraction of sp³-hybridized carbons (Fsp3) is 0.500. The van der Waals surface area contributed by atoms with Crippen molar-refractivity contribution in [3.05, 3.63) is 29.8 Å². The van der Waals surface area contributed by atoms with Crippen LogP contribution in [0.5, 0.6) is 0 Å². The Kier molecular flexibility index (Phi) is 5.50. The van der Waals surface area contributed by atoms with Gasteiger partial charge in [-0.2, -0.15) is 8.42 Å². The van der Waals surface area contributed by atoms with Crippen molar-refractivity contribution >= 4 is 27.7 Å². The highest BCUT2D eigenvalue weighted by Crippen LogP contribution is 2.30. The highest BCUT2D eigenvalue weighted by Gasteiger charge is 2.37. The van der Waals surface area contributed by atoms with Gasteiger partial charge in [0.05, 0.1) is 6.54 Å². The fourth-order valence-corrected chi connectivity index (χ4v) is 4.63. The topological polar surface area (TPSA) is 108 Å². The number of amides is 2. The monoisotopic (exact) mass is 392 g/mol. The van der Waals surface area contributed by atoms with Crippen LogP contribution in [0, 0.1) is 0 Å². The largest absolute Gasteiger partial charge is 0.352 e. The van der Waals surface area contributed by atoms with Gasteiger partial charge in [-0.15, -0.1) is 4.40 Å². The number of nitrogens with one attached hydrogen (secondary N) is 2. The Bertz CT molecular complexity index is 879. The zero-order chi connectivity index (χ0) is 19.6. The average molecular weight is 392 g/mol. The Morgan fingerprint density at radius 1 is 1.26 bits per heavy atom. The van der Waals surface area contributed by atoms with Gasteiger partial charge in [-0.1, -0.05) is 12.1 Å². The number of carbonyl (C=O) groups excluding carboxylic acids is 2. The van der Waals surface area contributed by atoms with Crippen LogP contribution in [-0.4, -0.2) is 56.1 Å². The van der Waals surface area contributed by atoms with Gasteiger partial charge in [0.1, 0.15) is 10.9 Å². The Morgan fingerprint density at radius 3 is 2.74 bits per heavy atom. The standard InChI is InChI=1S/C18H24N4O4S/c1-12(2)20-16(23)11-19-18(24)14-8-5-6-10-22(14)17-13-7-3-4-9-15(13)27(25,26)21-17/h3-4,7,9,12,14H,5-6,8,10-11H2,1-2H3,(H,19,24)(H,20,23)/t14-/m0/s1. The summed E-state index contributed by atoms with van der Waals surface area (Å²) in [6.45, 7) is 4.12. The van der Waals surface area contributed by atoms with Crippen molar-refractivity contribution in [2.24, 2.45) is 4.40 Å². The molecule has 2 N–H and O–H groups in total. The first-order chi connectivity index (χ1) is 12.8. The number of hydrogen-bond acceptors (Lipinski definition) is 5. The molecule has 1 aromatic rings. The smallest absolute Gasteiger partial charge is 0.285 e. The molecule has 1 fully saturated rings. The van der Waals surface area contributed by atoms with Crippen molar-refractivity contribution < 1.29 is 18.0 Å². The van der Waals surface area contributed by atoms with E-state index < -0.39 is 16.1 Å². The second kappa shape index (κ2) is 7.67. The number of amidine groups is 1. The van der Waals surface area contributed by atoms with E-state index in [9.17, 15) is 18.0 Å². The third-order valence-corrected chi connectivity index (χ3v) is 5.89. The van der Waals surface area contributed by atoms with Crippen molar-refractivity contribution in [3.8, 4) is 0 Å². The summed E-state index contributed by atoms with van der Waals surface area (Å²) >= 11 is 0. The van der Waals surface area contributed by atoms with Gasteiger partial charge in [0.2, 0.25) is 11.8 Å². The second-order valence-corrected chi connectivity index (χ2v) is 8.60. The van der Waals surface area contributed by atoms with E-state index in [4.69, 9.17) is 0 Å². The predicted molar refractivity (Wildman–Crippen MR) is 101 cm³/mol. The van der Waals surface area contributed by atoms with E-state index in [0.717, 1.165) is 12.8 Å². The molecule has 0 unspecified atom stereocenters. The SMILES string of the molecule is CC(C)NC(=O)CNC(=O)[C@@H]1CCCCN1C1=NS(=O)(=O)c2ccccc21. The van der Waals surface area contributed by atoms with Crippen LogP contribution in [0.1, 0.15) is 38.7 Å². The maximum atomic E-state index is 12.7. The molecule has 0 saturated carbocycles. The number of benzene rings is 1. The maximum Gasteiger partial charge on any atom is 0.285 e. The number of nitrogens with zero attached hydrogens (tertiary/aromatic N) is 2. The number of carbonyl (C=O) groups is 2. The summed E-state index contributed by atoms with van der Waals surface area (Å²) in [5.74, 6) is -0.234. The minimum Gasteiger partial charge on any atom is -0.352 e. The summed E-state index contributed by atoms with van der Waals surface area (Å²) in [6, 6.07) is 6.09. The van der Waals surface area contributed by atoms with E-state index in [1.54, 1.807) is 23.1 Å². The summed E-state index contributed by atoms with van der Waals surface area (Å²) in [5.41, 5.74) is 0.523. The molecule has 146 valence electrons. The molecule has 0 radical (unpaired) electrons. The van der Waals surface area contributed by atoms with Gasteiger partial charge in [0.15, 0.2) is 5.84 Å². The van der Waals surface area contributed by atoms with Gasteiger partial charge in [0.25, 0.3) is 10.0 Å². The fourth-order valence-electron chi connectivity index (χ4n) is 3.41. The molecule has 2 amide bonds. The van der Waals surface area contributed by atoms with Crippen LogP contribution in [0.2, 0.25) is 0 Å². The summed E-state index contributed by atoms with van der Waals surface area (Å²) < 4.78 is 28.6.